The highest BCUT2D eigenvalue weighted by Gasteiger charge is 2.23. The topological polar surface area (TPSA) is 16.4 Å². The molecule has 0 spiro atoms. The van der Waals surface area contributed by atoms with Crippen LogP contribution in [-0.4, -0.2) is 0 Å². The third-order valence-corrected chi connectivity index (χ3v) is 9.20. The third kappa shape index (κ3) is 4.83. The Hall–Kier alpha value is -6.38. The van der Waals surface area contributed by atoms with Gasteiger partial charge in [0.05, 0.1) is 11.1 Å². The molecule has 0 atom stereocenters. The molecule has 0 aliphatic rings. The van der Waals surface area contributed by atoms with E-state index in [0.29, 0.717) is 0 Å². The van der Waals surface area contributed by atoms with Gasteiger partial charge < -0.3 is 9.32 Å². The van der Waals surface area contributed by atoms with Gasteiger partial charge in [0.1, 0.15) is 11.2 Å². The minimum atomic E-state index is 0.861. The second kappa shape index (κ2) is 11.8. The van der Waals surface area contributed by atoms with Crippen LogP contribution in [0.1, 0.15) is 0 Å². The van der Waals surface area contributed by atoms with E-state index in [1.54, 1.807) is 0 Å². The number of benzene rings is 8. The van der Waals surface area contributed by atoms with Crippen molar-refractivity contribution in [2.24, 2.45) is 0 Å². The van der Waals surface area contributed by atoms with Crippen LogP contribution in [0.15, 0.2) is 192 Å². The van der Waals surface area contributed by atoms with Crippen molar-refractivity contribution in [1.29, 1.82) is 0 Å². The summed E-state index contributed by atoms with van der Waals surface area (Å²) in [7, 11) is 0. The Labute approximate surface area is 279 Å². The predicted molar refractivity (Wildman–Crippen MR) is 202 cm³/mol. The molecule has 0 unspecified atom stereocenters. The van der Waals surface area contributed by atoms with Crippen LogP contribution in [0.2, 0.25) is 0 Å². The molecule has 48 heavy (non-hydrogen) atoms. The number of para-hydroxylation sites is 1. The van der Waals surface area contributed by atoms with Crippen molar-refractivity contribution < 1.29 is 4.42 Å². The Bertz CT molecular complexity index is 2480. The van der Waals surface area contributed by atoms with E-state index in [4.69, 9.17) is 4.42 Å². The lowest BCUT2D eigenvalue weighted by atomic mass is 9.95. The largest absolute Gasteiger partial charge is 0.455 e. The van der Waals surface area contributed by atoms with Gasteiger partial charge in [0.25, 0.3) is 0 Å². The molecular formula is C46H31NO. The van der Waals surface area contributed by atoms with Gasteiger partial charge in [-0.15, -0.1) is 0 Å². The van der Waals surface area contributed by atoms with Gasteiger partial charge >= 0.3 is 0 Å². The number of furan rings is 1. The minimum Gasteiger partial charge on any atom is -0.455 e. The number of hydrogen-bond acceptors (Lipinski definition) is 2. The quantitative estimate of drug-likeness (QED) is 0.185. The van der Waals surface area contributed by atoms with E-state index in [2.05, 4.69) is 193 Å². The molecule has 0 amide bonds. The first-order chi connectivity index (χ1) is 23.8. The fourth-order valence-electron chi connectivity index (χ4n) is 7.01. The van der Waals surface area contributed by atoms with E-state index < -0.39 is 0 Å². The SMILES string of the molecule is c1ccc(-c2cc(-c3ccccc3)cc(N(c3ccccc3)c3cccc4oc5c(-c6ccccc6)cc6ccccc6c5c34)c2)cc1. The summed E-state index contributed by atoms with van der Waals surface area (Å²) in [5, 5.41) is 4.58. The minimum absolute atomic E-state index is 0.861. The monoisotopic (exact) mass is 613 g/mol. The number of anilines is 3. The molecule has 0 saturated carbocycles. The van der Waals surface area contributed by atoms with Crippen LogP contribution in [0.3, 0.4) is 0 Å². The first-order valence-electron chi connectivity index (χ1n) is 16.4. The van der Waals surface area contributed by atoms with Crippen LogP contribution < -0.4 is 4.90 Å². The van der Waals surface area contributed by atoms with Crippen molar-refractivity contribution in [3.05, 3.63) is 188 Å². The average Bonchev–Trinajstić information content (AvgIpc) is 3.57. The van der Waals surface area contributed by atoms with Gasteiger partial charge in [0, 0.05) is 22.3 Å². The Morgan fingerprint density at radius 3 is 1.58 bits per heavy atom. The number of hydrogen-bond donors (Lipinski definition) is 0. The van der Waals surface area contributed by atoms with Crippen LogP contribution in [0.5, 0.6) is 0 Å². The fraction of sp³-hybridized carbons (Fsp3) is 0. The molecule has 2 heteroatoms. The summed E-state index contributed by atoms with van der Waals surface area (Å²) in [6, 6.07) is 66.8. The van der Waals surface area contributed by atoms with Crippen LogP contribution in [0, 0.1) is 0 Å². The van der Waals surface area contributed by atoms with E-state index in [0.717, 1.165) is 61.3 Å². The summed E-state index contributed by atoms with van der Waals surface area (Å²) in [5.74, 6) is 0. The second-order valence-electron chi connectivity index (χ2n) is 12.1. The van der Waals surface area contributed by atoms with Gasteiger partial charge in [-0.25, -0.2) is 0 Å². The lowest BCUT2D eigenvalue weighted by Gasteiger charge is -2.27. The van der Waals surface area contributed by atoms with E-state index in [9.17, 15) is 0 Å². The molecule has 9 aromatic rings. The van der Waals surface area contributed by atoms with Gasteiger partial charge in [-0.1, -0.05) is 140 Å². The molecule has 8 aromatic carbocycles. The van der Waals surface area contributed by atoms with E-state index in [1.165, 1.54) is 21.9 Å². The Morgan fingerprint density at radius 2 is 0.938 bits per heavy atom. The summed E-state index contributed by atoms with van der Waals surface area (Å²) in [6.07, 6.45) is 0. The maximum Gasteiger partial charge on any atom is 0.143 e. The standard InChI is InChI=1S/C46H31NO/c1-5-16-32(17-6-1)36-28-37(33-18-7-2-8-19-33)30-39(29-36)47(38-23-11-4-12-24-38)42-26-15-27-43-45(42)44-40-25-14-13-22-35(40)31-41(46(44)48-43)34-20-9-3-10-21-34/h1-31H. The molecule has 0 fully saturated rings. The highest BCUT2D eigenvalue weighted by atomic mass is 16.3. The average molecular weight is 614 g/mol. The molecule has 0 aliphatic carbocycles. The molecule has 1 heterocycles. The molecule has 0 bridgehead atoms. The van der Waals surface area contributed by atoms with Gasteiger partial charge in [0.2, 0.25) is 0 Å². The molecule has 0 radical (unpaired) electrons. The summed E-state index contributed by atoms with van der Waals surface area (Å²) in [5.41, 5.74) is 11.9. The lowest BCUT2D eigenvalue weighted by molar-refractivity contribution is 0.670. The highest BCUT2D eigenvalue weighted by Crippen LogP contribution is 2.48. The van der Waals surface area contributed by atoms with Crippen molar-refractivity contribution >= 4 is 49.8 Å². The Balaban J connectivity index is 1.38. The van der Waals surface area contributed by atoms with Gasteiger partial charge in [-0.2, -0.15) is 0 Å². The van der Waals surface area contributed by atoms with Crippen LogP contribution in [-0.2, 0) is 0 Å². The van der Waals surface area contributed by atoms with Crippen LogP contribution in [0.25, 0.3) is 66.1 Å². The third-order valence-electron chi connectivity index (χ3n) is 9.20. The summed E-state index contributed by atoms with van der Waals surface area (Å²) < 4.78 is 6.87. The maximum absolute atomic E-state index is 6.87. The second-order valence-corrected chi connectivity index (χ2v) is 12.1. The zero-order valence-electron chi connectivity index (χ0n) is 26.3. The number of nitrogens with zero attached hydrogens (tertiary/aromatic N) is 1. The Morgan fingerprint density at radius 1 is 0.375 bits per heavy atom. The van der Waals surface area contributed by atoms with Gasteiger partial charge in [0.15, 0.2) is 0 Å². The van der Waals surface area contributed by atoms with E-state index in [1.807, 2.05) is 0 Å². The van der Waals surface area contributed by atoms with Crippen molar-refractivity contribution in [2.45, 2.75) is 0 Å². The summed E-state index contributed by atoms with van der Waals surface area (Å²) in [4.78, 5) is 2.39. The van der Waals surface area contributed by atoms with Crippen molar-refractivity contribution in [1.82, 2.24) is 0 Å². The van der Waals surface area contributed by atoms with Crippen molar-refractivity contribution in [2.75, 3.05) is 4.90 Å². The molecule has 2 nitrogen and oxygen atoms in total. The smallest absolute Gasteiger partial charge is 0.143 e. The predicted octanol–water partition coefficient (Wildman–Crippen LogP) is 13.2. The first kappa shape index (κ1) is 27.9. The fourth-order valence-corrected chi connectivity index (χ4v) is 7.01. The highest BCUT2D eigenvalue weighted by molar-refractivity contribution is 6.26. The van der Waals surface area contributed by atoms with Crippen LogP contribution in [0.4, 0.5) is 17.1 Å². The molecule has 0 N–H and O–H groups in total. The molecule has 0 saturated heterocycles. The van der Waals surface area contributed by atoms with Crippen molar-refractivity contribution in [3.8, 4) is 33.4 Å². The van der Waals surface area contributed by atoms with Gasteiger partial charge in [-0.3, -0.25) is 0 Å². The van der Waals surface area contributed by atoms with E-state index in [-0.39, 0.29) is 0 Å². The molecule has 9 rings (SSSR count). The summed E-state index contributed by atoms with van der Waals surface area (Å²) in [6.45, 7) is 0. The number of rotatable bonds is 6. The molecule has 226 valence electrons. The molecule has 1 aromatic heterocycles. The summed E-state index contributed by atoms with van der Waals surface area (Å²) >= 11 is 0. The van der Waals surface area contributed by atoms with E-state index >= 15 is 0 Å². The van der Waals surface area contributed by atoms with Gasteiger partial charge in [-0.05, 0) is 87.1 Å². The zero-order valence-corrected chi connectivity index (χ0v) is 26.3. The van der Waals surface area contributed by atoms with Crippen LogP contribution >= 0.6 is 0 Å². The Kier molecular flexibility index (Phi) is 6.84. The molecular weight excluding hydrogens is 583 g/mol. The van der Waals surface area contributed by atoms with Crippen molar-refractivity contribution in [3.63, 3.8) is 0 Å². The normalized spacial score (nSPS) is 11.3. The lowest BCUT2D eigenvalue weighted by Crippen LogP contribution is -2.10. The first-order valence-corrected chi connectivity index (χ1v) is 16.4. The molecule has 0 aliphatic heterocycles. The number of fused-ring (bicyclic) bond motifs is 5. The zero-order chi connectivity index (χ0) is 31.9. The maximum atomic E-state index is 6.87.